The number of carbonyl (C=O) groups is 1. The van der Waals surface area contributed by atoms with E-state index >= 15 is 0 Å². The summed E-state index contributed by atoms with van der Waals surface area (Å²) in [6, 6.07) is 15.3. The van der Waals surface area contributed by atoms with E-state index in [9.17, 15) is 9.59 Å². The zero-order chi connectivity index (χ0) is 17.8. The van der Waals surface area contributed by atoms with Crippen molar-refractivity contribution in [3.8, 4) is 11.3 Å². The van der Waals surface area contributed by atoms with Crippen LogP contribution in [0, 0.1) is 0 Å². The highest BCUT2D eigenvalue weighted by molar-refractivity contribution is 5.95. The van der Waals surface area contributed by atoms with E-state index in [1.807, 2.05) is 36.4 Å². The minimum atomic E-state index is -0.727. The Kier molecular flexibility index (Phi) is 4.70. The molecule has 2 aromatic heterocycles. The summed E-state index contributed by atoms with van der Waals surface area (Å²) < 4.78 is 1.21. The van der Waals surface area contributed by atoms with Crippen molar-refractivity contribution < 1.29 is 4.79 Å². The van der Waals surface area contributed by atoms with E-state index in [-0.39, 0.29) is 11.5 Å². The molecular formula is C19H18N4O2. The van der Waals surface area contributed by atoms with Gasteiger partial charge < -0.3 is 4.90 Å². The van der Waals surface area contributed by atoms with Crippen molar-refractivity contribution in [2.45, 2.75) is 13.0 Å². The van der Waals surface area contributed by atoms with Gasteiger partial charge in [0.15, 0.2) is 0 Å². The number of hydrogen-bond acceptors (Lipinski definition) is 4. The number of anilines is 1. The maximum absolute atomic E-state index is 12.8. The van der Waals surface area contributed by atoms with Crippen LogP contribution in [0.5, 0.6) is 0 Å². The van der Waals surface area contributed by atoms with Crippen molar-refractivity contribution in [1.82, 2.24) is 14.8 Å². The van der Waals surface area contributed by atoms with Crippen LogP contribution in [-0.4, -0.2) is 27.7 Å². The quantitative estimate of drug-likeness (QED) is 0.735. The summed E-state index contributed by atoms with van der Waals surface area (Å²) in [5.41, 5.74) is 1.81. The van der Waals surface area contributed by atoms with Gasteiger partial charge in [-0.1, -0.05) is 18.2 Å². The lowest BCUT2D eigenvalue weighted by Gasteiger charge is -2.22. The molecule has 6 heteroatoms. The van der Waals surface area contributed by atoms with E-state index in [4.69, 9.17) is 0 Å². The van der Waals surface area contributed by atoms with Gasteiger partial charge in [0.2, 0.25) is 0 Å². The third kappa shape index (κ3) is 3.47. The largest absolute Gasteiger partial charge is 0.314 e. The summed E-state index contributed by atoms with van der Waals surface area (Å²) in [6.07, 6.45) is 3.33. The highest BCUT2D eigenvalue weighted by atomic mass is 16.2. The Morgan fingerprint density at radius 1 is 1.08 bits per heavy atom. The van der Waals surface area contributed by atoms with Gasteiger partial charge in [-0.15, -0.1) is 0 Å². The normalized spacial score (nSPS) is 11.8. The molecule has 1 unspecified atom stereocenters. The van der Waals surface area contributed by atoms with E-state index in [1.54, 1.807) is 38.5 Å². The number of amides is 1. The van der Waals surface area contributed by atoms with Crippen LogP contribution in [0.15, 0.2) is 71.8 Å². The molecule has 1 atom stereocenters. The summed E-state index contributed by atoms with van der Waals surface area (Å²) >= 11 is 0. The number of pyridine rings is 1. The molecule has 6 nitrogen and oxygen atoms in total. The van der Waals surface area contributed by atoms with Crippen molar-refractivity contribution in [2.24, 2.45) is 0 Å². The fraction of sp³-hybridized carbons (Fsp3) is 0.158. The molecule has 0 N–H and O–H groups in total. The van der Waals surface area contributed by atoms with E-state index in [0.717, 1.165) is 11.3 Å². The first-order chi connectivity index (χ1) is 12.1. The predicted octanol–water partition coefficient (Wildman–Crippen LogP) is 2.53. The first-order valence-corrected chi connectivity index (χ1v) is 7.91. The fourth-order valence-corrected chi connectivity index (χ4v) is 2.53. The second-order valence-corrected chi connectivity index (χ2v) is 5.65. The van der Waals surface area contributed by atoms with Crippen LogP contribution < -0.4 is 10.5 Å². The number of para-hydroxylation sites is 1. The van der Waals surface area contributed by atoms with Crippen LogP contribution in [0.1, 0.15) is 13.0 Å². The second kappa shape index (κ2) is 7.09. The number of benzene rings is 1. The van der Waals surface area contributed by atoms with Crippen LogP contribution in [0.2, 0.25) is 0 Å². The van der Waals surface area contributed by atoms with Gasteiger partial charge in [-0.05, 0) is 37.3 Å². The van der Waals surface area contributed by atoms with Gasteiger partial charge >= 0.3 is 0 Å². The highest BCUT2D eigenvalue weighted by Crippen LogP contribution is 2.17. The molecular weight excluding hydrogens is 316 g/mol. The molecule has 0 saturated carbocycles. The molecule has 1 amide bonds. The Bertz CT molecular complexity index is 923. The maximum Gasteiger partial charge on any atom is 0.267 e. The predicted molar refractivity (Wildman–Crippen MR) is 96.3 cm³/mol. The Balaban J connectivity index is 1.93. The standard InChI is InChI=1S/C19H18N4O2/c1-14(19(25)22(2)16-8-4-3-5-9-16)23-18(24)11-10-17(21-23)15-7-6-12-20-13-15/h3-14H,1-2H3. The van der Waals surface area contributed by atoms with Crippen molar-refractivity contribution in [2.75, 3.05) is 11.9 Å². The van der Waals surface area contributed by atoms with Crippen LogP contribution in [0.25, 0.3) is 11.3 Å². The lowest BCUT2D eigenvalue weighted by molar-refractivity contribution is -0.121. The molecule has 0 bridgehead atoms. The maximum atomic E-state index is 12.8. The average molecular weight is 334 g/mol. The van der Waals surface area contributed by atoms with Gasteiger partial charge in [-0.25, -0.2) is 4.68 Å². The number of hydrogen-bond donors (Lipinski definition) is 0. The molecule has 3 aromatic rings. The number of aromatic nitrogens is 3. The molecule has 0 saturated heterocycles. The van der Waals surface area contributed by atoms with Crippen molar-refractivity contribution >= 4 is 11.6 Å². The van der Waals surface area contributed by atoms with Gasteiger partial charge in [-0.2, -0.15) is 5.10 Å². The first-order valence-electron chi connectivity index (χ1n) is 7.91. The zero-order valence-corrected chi connectivity index (χ0v) is 14.0. The molecule has 25 heavy (non-hydrogen) atoms. The lowest BCUT2D eigenvalue weighted by Crippen LogP contribution is -2.38. The van der Waals surface area contributed by atoms with Crippen LogP contribution in [0.4, 0.5) is 5.69 Å². The Labute approximate surface area is 145 Å². The van der Waals surface area contributed by atoms with Crippen LogP contribution in [0.3, 0.4) is 0 Å². The van der Waals surface area contributed by atoms with E-state index in [0.29, 0.717) is 5.69 Å². The minimum absolute atomic E-state index is 0.218. The third-order valence-electron chi connectivity index (χ3n) is 3.98. The van der Waals surface area contributed by atoms with Crippen LogP contribution >= 0.6 is 0 Å². The van der Waals surface area contributed by atoms with E-state index in [2.05, 4.69) is 10.1 Å². The van der Waals surface area contributed by atoms with E-state index < -0.39 is 6.04 Å². The number of carbonyl (C=O) groups excluding carboxylic acids is 1. The Morgan fingerprint density at radius 3 is 2.52 bits per heavy atom. The summed E-state index contributed by atoms with van der Waals surface area (Å²) in [4.78, 5) is 30.6. The van der Waals surface area contributed by atoms with Gasteiger partial charge in [0.05, 0.1) is 5.69 Å². The molecule has 0 fully saturated rings. The SMILES string of the molecule is CC(C(=O)N(C)c1ccccc1)n1nc(-c2cccnc2)ccc1=O. The lowest BCUT2D eigenvalue weighted by atomic mass is 10.2. The van der Waals surface area contributed by atoms with E-state index in [1.165, 1.54) is 15.6 Å². The zero-order valence-electron chi connectivity index (χ0n) is 14.0. The molecule has 126 valence electrons. The number of likely N-dealkylation sites (N-methyl/N-ethyl adjacent to an activating group) is 1. The number of nitrogens with zero attached hydrogens (tertiary/aromatic N) is 4. The fourth-order valence-electron chi connectivity index (χ4n) is 2.53. The summed E-state index contributed by atoms with van der Waals surface area (Å²) in [5, 5.41) is 4.36. The molecule has 0 aliphatic carbocycles. The van der Waals surface area contributed by atoms with Gasteiger partial charge in [0, 0.05) is 36.8 Å². The van der Waals surface area contributed by atoms with Gasteiger partial charge in [0.25, 0.3) is 11.5 Å². The topological polar surface area (TPSA) is 68.1 Å². The average Bonchev–Trinajstić information content (AvgIpc) is 2.68. The summed E-state index contributed by atoms with van der Waals surface area (Å²) in [7, 11) is 1.68. The summed E-state index contributed by atoms with van der Waals surface area (Å²) in [5.74, 6) is -0.218. The van der Waals surface area contributed by atoms with Gasteiger partial charge in [-0.3, -0.25) is 14.6 Å². The minimum Gasteiger partial charge on any atom is -0.314 e. The monoisotopic (exact) mass is 334 g/mol. The van der Waals surface area contributed by atoms with Crippen LogP contribution in [-0.2, 0) is 4.79 Å². The summed E-state index contributed by atoms with van der Waals surface area (Å²) in [6.45, 7) is 1.67. The third-order valence-corrected chi connectivity index (χ3v) is 3.98. The first kappa shape index (κ1) is 16.6. The smallest absolute Gasteiger partial charge is 0.267 e. The number of rotatable bonds is 4. The second-order valence-electron chi connectivity index (χ2n) is 5.65. The van der Waals surface area contributed by atoms with Gasteiger partial charge in [0.1, 0.15) is 6.04 Å². The molecule has 2 heterocycles. The Morgan fingerprint density at radius 2 is 1.84 bits per heavy atom. The molecule has 0 aliphatic heterocycles. The molecule has 3 rings (SSSR count). The molecule has 0 spiro atoms. The van der Waals surface area contributed by atoms with Crippen molar-refractivity contribution in [1.29, 1.82) is 0 Å². The molecule has 1 aromatic carbocycles. The van der Waals surface area contributed by atoms with Crippen molar-refractivity contribution in [3.63, 3.8) is 0 Å². The molecule has 0 radical (unpaired) electrons. The molecule has 0 aliphatic rings. The highest BCUT2D eigenvalue weighted by Gasteiger charge is 2.22. The van der Waals surface area contributed by atoms with Crippen molar-refractivity contribution in [3.05, 3.63) is 77.3 Å². The Hall–Kier alpha value is -3.28.